The highest BCUT2D eigenvalue weighted by Gasteiger charge is 2.15. The number of carbonyl (C=O) groups excluding carboxylic acids is 2. The van der Waals surface area contributed by atoms with Gasteiger partial charge in [-0.3, -0.25) is 14.4 Å². The summed E-state index contributed by atoms with van der Waals surface area (Å²) in [7, 11) is 1.60. The van der Waals surface area contributed by atoms with Crippen molar-refractivity contribution in [1.82, 2.24) is 5.32 Å². The number of methoxy groups -OCH3 is 1. The number of hydrogen-bond donors (Lipinski definition) is 3. The molecule has 0 aromatic heterocycles. The maximum Gasteiger partial charge on any atom is 0.325 e. The van der Waals surface area contributed by atoms with Crippen LogP contribution in [0.4, 0.5) is 5.69 Å². The van der Waals surface area contributed by atoms with Crippen molar-refractivity contribution in [3.05, 3.63) is 59.7 Å². The van der Waals surface area contributed by atoms with Gasteiger partial charge < -0.3 is 20.5 Å². The molecule has 27 heavy (non-hydrogen) atoms. The zero-order chi connectivity index (χ0) is 19.8. The fourth-order valence-corrected chi connectivity index (χ4v) is 2.32. The Kier molecular flexibility index (Phi) is 6.93. The number of ether oxygens (including phenoxy) is 1. The Morgan fingerprint density at radius 1 is 1.04 bits per heavy atom. The lowest BCUT2D eigenvalue weighted by molar-refractivity contribution is -0.138. The van der Waals surface area contributed by atoms with Crippen molar-refractivity contribution in [3.8, 4) is 5.75 Å². The fraction of sp³-hybridized carbons (Fsp3) is 0.250. The van der Waals surface area contributed by atoms with E-state index >= 15 is 0 Å². The summed E-state index contributed by atoms with van der Waals surface area (Å²) in [4.78, 5) is 34.8. The summed E-state index contributed by atoms with van der Waals surface area (Å²) < 4.78 is 5.10. The molecular formula is C20H22N2O5. The number of nitrogens with one attached hydrogen (secondary N) is 2. The zero-order valence-corrected chi connectivity index (χ0v) is 15.2. The smallest absolute Gasteiger partial charge is 0.325 e. The van der Waals surface area contributed by atoms with Gasteiger partial charge in [0.25, 0.3) is 5.91 Å². The molecule has 2 aromatic carbocycles. The molecule has 142 valence electrons. The first kappa shape index (κ1) is 20.0. The molecule has 0 aliphatic carbocycles. The summed E-state index contributed by atoms with van der Waals surface area (Å²) in [6.45, 7) is 1.39. The Morgan fingerprint density at radius 2 is 1.67 bits per heavy atom. The summed E-state index contributed by atoms with van der Waals surface area (Å²) in [5.74, 6) is -0.959. The lowest BCUT2D eigenvalue weighted by Gasteiger charge is -2.10. The molecule has 0 spiro atoms. The molecule has 1 atom stereocenters. The molecule has 0 aliphatic heterocycles. The van der Waals surface area contributed by atoms with Crippen molar-refractivity contribution < 1.29 is 24.2 Å². The topological polar surface area (TPSA) is 105 Å². The van der Waals surface area contributed by atoms with Crippen molar-refractivity contribution in [2.75, 3.05) is 12.4 Å². The van der Waals surface area contributed by atoms with E-state index in [-0.39, 0.29) is 5.91 Å². The minimum Gasteiger partial charge on any atom is -0.497 e. The molecule has 0 aliphatic rings. The van der Waals surface area contributed by atoms with Crippen LogP contribution in [0, 0.1) is 0 Å². The predicted molar refractivity (Wildman–Crippen MR) is 101 cm³/mol. The third-order valence-corrected chi connectivity index (χ3v) is 3.95. The van der Waals surface area contributed by atoms with Gasteiger partial charge in [0, 0.05) is 17.7 Å². The summed E-state index contributed by atoms with van der Waals surface area (Å²) in [5, 5.41) is 13.9. The highest BCUT2D eigenvalue weighted by molar-refractivity contribution is 5.97. The van der Waals surface area contributed by atoms with Crippen LogP contribution in [0.2, 0.25) is 0 Å². The maximum atomic E-state index is 12.1. The number of carboxylic acid groups (broad SMARTS) is 1. The van der Waals surface area contributed by atoms with E-state index in [0.29, 0.717) is 24.1 Å². The van der Waals surface area contributed by atoms with Gasteiger partial charge in [0.1, 0.15) is 11.8 Å². The fourth-order valence-electron chi connectivity index (χ4n) is 2.32. The van der Waals surface area contributed by atoms with E-state index in [1.165, 1.54) is 19.1 Å². The molecule has 0 heterocycles. The predicted octanol–water partition coefficient (Wildman–Crippen LogP) is 2.47. The lowest BCUT2D eigenvalue weighted by atomic mass is 10.1. The van der Waals surface area contributed by atoms with Crippen LogP contribution < -0.4 is 15.4 Å². The van der Waals surface area contributed by atoms with Gasteiger partial charge in [-0.1, -0.05) is 12.1 Å². The molecule has 0 fully saturated rings. The second-order valence-electron chi connectivity index (χ2n) is 6.01. The van der Waals surface area contributed by atoms with Crippen LogP contribution in [0.3, 0.4) is 0 Å². The van der Waals surface area contributed by atoms with Crippen molar-refractivity contribution in [1.29, 1.82) is 0 Å². The first-order chi connectivity index (χ1) is 12.9. The van der Waals surface area contributed by atoms with Crippen molar-refractivity contribution >= 4 is 23.5 Å². The Hall–Kier alpha value is -3.35. The van der Waals surface area contributed by atoms with Gasteiger partial charge in [-0.15, -0.1) is 0 Å². The summed E-state index contributed by atoms with van der Waals surface area (Å²) in [5.41, 5.74) is 1.92. The van der Waals surface area contributed by atoms with E-state index in [9.17, 15) is 14.4 Å². The average Bonchev–Trinajstić information content (AvgIpc) is 2.67. The molecule has 7 heteroatoms. The van der Waals surface area contributed by atoms with E-state index in [1.54, 1.807) is 19.2 Å². The van der Waals surface area contributed by atoms with Crippen molar-refractivity contribution in [2.24, 2.45) is 0 Å². The molecular weight excluding hydrogens is 348 g/mol. The van der Waals surface area contributed by atoms with Gasteiger partial charge in [-0.05, 0) is 55.3 Å². The number of hydrogen-bond acceptors (Lipinski definition) is 4. The first-order valence-electron chi connectivity index (χ1n) is 8.45. The monoisotopic (exact) mass is 370 g/mol. The highest BCUT2D eigenvalue weighted by atomic mass is 16.5. The van der Waals surface area contributed by atoms with Crippen LogP contribution >= 0.6 is 0 Å². The second kappa shape index (κ2) is 9.38. The Labute approximate surface area is 157 Å². The number of amides is 2. The molecule has 1 unspecified atom stereocenters. The third-order valence-electron chi connectivity index (χ3n) is 3.95. The molecule has 2 rings (SSSR count). The van der Waals surface area contributed by atoms with E-state index < -0.39 is 17.9 Å². The van der Waals surface area contributed by atoms with Gasteiger partial charge in [0.05, 0.1) is 7.11 Å². The molecule has 0 bridgehead atoms. The summed E-state index contributed by atoms with van der Waals surface area (Å²) >= 11 is 0. The number of anilines is 1. The number of carboxylic acids is 1. The number of aliphatic carboxylic acids is 1. The number of aryl methyl sites for hydroxylation is 1. The molecule has 0 radical (unpaired) electrons. The quantitative estimate of drug-likeness (QED) is 0.662. The molecule has 2 aromatic rings. The molecule has 2 amide bonds. The summed E-state index contributed by atoms with van der Waals surface area (Å²) in [6, 6.07) is 12.8. The van der Waals surface area contributed by atoms with Crippen LogP contribution in [0.25, 0.3) is 0 Å². The van der Waals surface area contributed by atoms with Crippen molar-refractivity contribution in [3.63, 3.8) is 0 Å². The highest BCUT2D eigenvalue weighted by Crippen LogP contribution is 2.14. The maximum absolute atomic E-state index is 12.1. The third kappa shape index (κ3) is 6.14. The number of carbonyl (C=O) groups is 3. The molecule has 0 saturated carbocycles. The van der Waals surface area contributed by atoms with Crippen LogP contribution in [0.15, 0.2) is 48.5 Å². The minimum absolute atomic E-state index is 0.137. The van der Waals surface area contributed by atoms with Gasteiger partial charge in [-0.2, -0.15) is 0 Å². The summed E-state index contributed by atoms with van der Waals surface area (Å²) in [6.07, 6.45) is 0.925. The minimum atomic E-state index is -1.11. The van der Waals surface area contributed by atoms with Crippen LogP contribution in [0.5, 0.6) is 5.75 Å². The normalized spacial score (nSPS) is 11.3. The van der Waals surface area contributed by atoms with E-state index in [2.05, 4.69) is 10.6 Å². The standard InChI is InChI=1S/C20H22N2O5/c1-13(20(25)26)21-19(24)15-6-8-16(9-7-15)22-18(23)12-5-14-3-10-17(27-2)11-4-14/h3-4,6-11,13H,5,12H2,1-2H3,(H,21,24)(H,22,23)(H,25,26). The van der Waals surface area contributed by atoms with Crippen molar-refractivity contribution in [2.45, 2.75) is 25.8 Å². The molecule has 3 N–H and O–H groups in total. The molecule has 0 saturated heterocycles. The van der Waals surface area contributed by atoms with Gasteiger partial charge in [0.2, 0.25) is 5.91 Å². The zero-order valence-electron chi connectivity index (χ0n) is 15.2. The van der Waals surface area contributed by atoms with Crippen LogP contribution in [-0.4, -0.2) is 36.0 Å². The average molecular weight is 370 g/mol. The van der Waals surface area contributed by atoms with Crippen LogP contribution in [-0.2, 0) is 16.0 Å². The Balaban J connectivity index is 1.85. The van der Waals surface area contributed by atoms with Gasteiger partial charge in [0.15, 0.2) is 0 Å². The van der Waals surface area contributed by atoms with Crippen LogP contribution in [0.1, 0.15) is 29.3 Å². The second-order valence-corrected chi connectivity index (χ2v) is 6.01. The van der Waals surface area contributed by atoms with E-state index in [0.717, 1.165) is 11.3 Å². The van der Waals surface area contributed by atoms with E-state index in [4.69, 9.17) is 9.84 Å². The largest absolute Gasteiger partial charge is 0.497 e. The SMILES string of the molecule is COc1ccc(CCC(=O)Nc2ccc(C(=O)NC(C)C(=O)O)cc2)cc1. The van der Waals surface area contributed by atoms with Gasteiger partial charge >= 0.3 is 5.97 Å². The number of rotatable bonds is 8. The molecule has 7 nitrogen and oxygen atoms in total. The number of benzene rings is 2. The Morgan fingerprint density at radius 3 is 2.22 bits per heavy atom. The van der Waals surface area contributed by atoms with Gasteiger partial charge in [-0.25, -0.2) is 0 Å². The first-order valence-corrected chi connectivity index (χ1v) is 8.45. The lowest BCUT2D eigenvalue weighted by Crippen LogP contribution is -2.38. The van der Waals surface area contributed by atoms with E-state index in [1.807, 2.05) is 24.3 Å². The Bertz CT molecular complexity index is 800.